The van der Waals surface area contributed by atoms with Gasteiger partial charge in [-0.2, -0.15) is 0 Å². The van der Waals surface area contributed by atoms with Crippen LogP contribution in [-0.4, -0.2) is 11.0 Å². The number of hydrogen-bond donors (Lipinski definition) is 0. The zero-order chi connectivity index (χ0) is 14.2. The van der Waals surface area contributed by atoms with E-state index < -0.39 is 0 Å². The van der Waals surface area contributed by atoms with Crippen molar-refractivity contribution >= 4 is 22.6 Å². The average Bonchev–Trinajstić information content (AvgIpc) is 2.48. The Hall–Kier alpha value is -0.940. The van der Waals surface area contributed by atoms with Crippen LogP contribution < -0.4 is 0 Å². The lowest BCUT2D eigenvalue weighted by Crippen LogP contribution is -2.08. The van der Waals surface area contributed by atoms with Gasteiger partial charge in [-0.15, -0.1) is 0 Å². The SMILES string of the molecule is Fc1cccc(C(CI)OCCCc2ccccc2)c1. The fraction of sp³-hybridized carbons (Fsp3) is 0.294. The van der Waals surface area contributed by atoms with E-state index in [2.05, 4.69) is 46.9 Å². The molecule has 3 heteroatoms. The fourth-order valence-corrected chi connectivity index (χ4v) is 2.85. The molecule has 2 aromatic rings. The van der Waals surface area contributed by atoms with Crippen LogP contribution in [0.2, 0.25) is 0 Å². The third kappa shape index (κ3) is 4.87. The molecule has 2 aromatic carbocycles. The molecule has 0 aliphatic carbocycles. The summed E-state index contributed by atoms with van der Waals surface area (Å²) in [4.78, 5) is 0. The lowest BCUT2D eigenvalue weighted by atomic mass is 10.1. The van der Waals surface area contributed by atoms with Crippen molar-refractivity contribution in [3.63, 3.8) is 0 Å². The summed E-state index contributed by atoms with van der Waals surface area (Å²) in [5.41, 5.74) is 2.24. The van der Waals surface area contributed by atoms with Crippen LogP contribution in [0.15, 0.2) is 54.6 Å². The second kappa shape index (κ2) is 8.37. The summed E-state index contributed by atoms with van der Waals surface area (Å²) in [6, 6.07) is 17.1. The second-order valence-electron chi connectivity index (χ2n) is 4.66. The Balaban J connectivity index is 1.80. The second-order valence-corrected chi connectivity index (χ2v) is 5.54. The first-order valence-electron chi connectivity index (χ1n) is 6.76. The Bertz CT molecular complexity index is 515. The van der Waals surface area contributed by atoms with E-state index in [4.69, 9.17) is 4.74 Å². The number of aryl methyl sites for hydroxylation is 1. The van der Waals surface area contributed by atoms with Crippen LogP contribution in [0, 0.1) is 5.82 Å². The van der Waals surface area contributed by atoms with Crippen LogP contribution in [0.1, 0.15) is 23.7 Å². The average molecular weight is 384 g/mol. The van der Waals surface area contributed by atoms with Crippen LogP contribution in [0.5, 0.6) is 0 Å². The van der Waals surface area contributed by atoms with E-state index >= 15 is 0 Å². The standard InChI is InChI=1S/C17H18FIO/c18-16-10-4-9-15(12-16)17(13-19)20-11-5-8-14-6-2-1-3-7-14/h1-4,6-7,9-10,12,17H,5,8,11,13H2. The van der Waals surface area contributed by atoms with Crippen molar-refractivity contribution < 1.29 is 9.13 Å². The normalized spacial score (nSPS) is 12.3. The van der Waals surface area contributed by atoms with E-state index in [1.54, 1.807) is 12.1 Å². The van der Waals surface area contributed by atoms with Gasteiger partial charge in [0.1, 0.15) is 5.82 Å². The summed E-state index contributed by atoms with van der Waals surface area (Å²) in [7, 11) is 0. The van der Waals surface area contributed by atoms with Crippen molar-refractivity contribution in [1.82, 2.24) is 0 Å². The summed E-state index contributed by atoms with van der Waals surface area (Å²) in [6.45, 7) is 0.694. The predicted molar refractivity (Wildman–Crippen MR) is 88.7 cm³/mol. The van der Waals surface area contributed by atoms with Crippen molar-refractivity contribution in [2.24, 2.45) is 0 Å². The summed E-state index contributed by atoms with van der Waals surface area (Å²) in [5.74, 6) is -0.203. The van der Waals surface area contributed by atoms with Gasteiger partial charge >= 0.3 is 0 Å². The van der Waals surface area contributed by atoms with Crippen molar-refractivity contribution in [2.45, 2.75) is 18.9 Å². The summed E-state index contributed by atoms with van der Waals surface area (Å²) >= 11 is 2.28. The highest BCUT2D eigenvalue weighted by Gasteiger charge is 2.10. The molecule has 0 aromatic heterocycles. The monoisotopic (exact) mass is 384 g/mol. The third-order valence-corrected chi connectivity index (χ3v) is 3.93. The molecule has 0 aliphatic heterocycles. The van der Waals surface area contributed by atoms with Gasteiger partial charge in [0.05, 0.1) is 6.10 Å². The molecule has 2 rings (SSSR count). The van der Waals surface area contributed by atoms with Crippen molar-refractivity contribution in [3.05, 3.63) is 71.5 Å². The fourth-order valence-electron chi connectivity index (χ4n) is 2.08. The molecule has 106 valence electrons. The first-order valence-corrected chi connectivity index (χ1v) is 8.29. The summed E-state index contributed by atoms with van der Waals surface area (Å²) in [6.07, 6.45) is 1.96. The molecule has 0 N–H and O–H groups in total. The number of alkyl halides is 1. The minimum Gasteiger partial charge on any atom is -0.373 e. The van der Waals surface area contributed by atoms with Gasteiger partial charge in [-0.25, -0.2) is 4.39 Å². The Kier molecular flexibility index (Phi) is 6.47. The number of ether oxygens (including phenoxy) is 1. The van der Waals surface area contributed by atoms with E-state index in [1.807, 2.05) is 12.1 Å². The van der Waals surface area contributed by atoms with Gasteiger partial charge in [0, 0.05) is 11.0 Å². The molecule has 0 fully saturated rings. The van der Waals surface area contributed by atoms with E-state index in [1.165, 1.54) is 11.6 Å². The van der Waals surface area contributed by atoms with Crippen molar-refractivity contribution in [2.75, 3.05) is 11.0 Å². The molecule has 0 spiro atoms. The van der Waals surface area contributed by atoms with Gasteiger partial charge in [-0.1, -0.05) is 65.1 Å². The lowest BCUT2D eigenvalue weighted by molar-refractivity contribution is 0.0691. The Morgan fingerprint density at radius 3 is 2.55 bits per heavy atom. The maximum absolute atomic E-state index is 13.2. The maximum atomic E-state index is 13.2. The molecule has 0 bridgehead atoms. The third-order valence-electron chi connectivity index (χ3n) is 3.13. The molecule has 0 amide bonds. The molecule has 1 unspecified atom stereocenters. The zero-order valence-electron chi connectivity index (χ0n) is 11.3. The molecular formula is C17H18FIO. The number of rotatable bonds is 7. The lowest BCUT2D eigenvalue weighted by Gasteiger charge is -2.16. The first-order chi connectivity index (χ1) is 9.79. The smallest absolute Gasteiger partial charge is 0.123 e. The maximum Gasteiger partial charge on any atom is 0.123 e. The Morgan fingerprint density at radius 2 is 1.85 bits per heavy atom. The Morgan fingerprint density at radius 1 is 1.05 bits per heavy atom. The molecular weight excluding hydrogens is 366 g/mol. The molecule has 0 radical (unpaired) electrons. The highest BCUT2D eigenvalue weighted by Crippen LogP contribution is 2.21. The number of hydrogen-bond acceptors (Lipinski definition) is 1. The van der Waals surface area contributed by atoms with Gasteiger partial charge < -0.3 is 4.74 Å². The van der Waals surface area contributed by atoms with Crippen molar-refractivity contribution in [1.29, 1.82) is 0 Å². The van der Waals surface area contributed by atoms with E-state index in [9.17, 15) is 4.39 Å². The predicted octanol–water partition coefficient (Wildman–Crippen LogP) is 4.95. The first kappa shape index (κ1) is 15.4. The number of halogens is 2. The van der Waals surface area contributed by atoms with Crippen LogP contribution in [0.3, 0.4) is 0 Å². The molecule has 0 aliphatic rings. The van der Waals surface area contributed by atoms with Gasteiger partial charge in [-0.3, -0.25) is 0 Å². The molecule has 0 saturated carbocycles. The summed E-state index contributed by atoms with van der Waals surface area (Å²) < 4.78 is 19.9. The summed E-state index contributed by atoms with van der Waals surface area (Å²) in [5, 5.41) is 0. The zero-order valence-corrected chi connectivity index (χ0v) is 13.4. The molecule has 0 heterocycles. The van der Waals surface area contributed by atoms with E-state index in [0.29, 0.717) is 6.61 Å². The number of benzene rings is 2. The van der Waals surface area contributed by atoms with Gasteiger partial charge in [0.15, 0.2) is 0 Å². The minimum absolute atomic E-state index is 0.0259. The van der Waals surface area contributed by atoms with Crippen molar-refractivity contribution in [3.8, 4) is 0 Å². The topological polar surface area (TPSA) is 9.23 Å². The van der Waals surface area contributed by atoms with Gasteiger partial charge in [0.2, 0.25) is 0 Å². The van der Waals surface area contributed by atoms with Crippen LogP contribution in [0.25, 0.3) is 0 Å². The molecule has 0 saturated heterocycles. The molecule has 1 atom stereocenters. The van der Waals surface area contributed by atoms with Crippen LogP contribution >= 0.6 is 22.6 Å². The van der Waals surface area contributed by atoms with Crippen LogP contribution in [-0.2, 0) is 11.2 Å². The van der Waals surface area contributed by atoms with E-state index in [-0.39, 0.29) is 11.9 Å². The largest absolute Gasteiger partial charge is 0.373 e. The molecule has 20 heavy (non-hydrogen) atoms. The molecule has 1 nitrogen and oxygen atoms in total. The van der Waals surface area contributed by atoms with Crippen LogP contribution in [0.4, 0.5) is 4.39 Å². The quantitative estimate of drug-likeness (QED) is 0.373. The Labute approximate surface area is 133 Å². The van der Waals surface area contributed by atoms with Gasteiger partial charge in [-0.05, 0) is 36.1 Å². The highest BCUT2D eigenvalue weighted by molar-refractivity contribution is 14.1. The van der Waals surface area contributed by atoms with E-state index in [0.717, 1.165) is 22.8 Å². The highest BCUT2D eigenvalue weighted by atomic mass is 127. The van der Waals surface area contributed by atoms with Gasteiger partial charge in [0.25, 0.3) is 0 Å². The minimum atomic E-state index is -0.203.